The Morgan fingerprint density at radius 3 is 2.67 bits per heavy atom. The second-order valence-electron chi connectivity index (χ2n) is 10.1. The number of sulfone groups is 1. The molecule has 2 aromatic heterocycles. The molecule has 1 unspecified atom stereocenters. The monoisotopic (exact) mass is 644 g/mol. The molecule has 0 radical (unpaired) electrons. The van der Waals surface area contributed by atoms with Crippen LogP contribution in [0.5, 0.6) is 11.6 Å². The number of nitrogens with zero attached hydrogens (tertiary/aromatic N) is 3. The van der Waals surface area contributed by atoms with Gasteiger partial charge in [-0.25, -0.2) is 27.0 Å². The number of carbonyl (C=O) groups excluding carboxylic acids is 2. The van der Waals surface area contributed by atoms with Crippen LogP contribution in [0.25, 0.3) is 11.1 Å². The van der Waals surface area contributed by atoms with Gasteiger partial charge in [0, 0.05) is 55.4 Å². The van der Waals surface area contributed by atoms with E-state index >= 15 is 0 Å². The molecule has 2 aliphatic rings. The molecule has 13 nitrogen and oxygen atoms in total. The summed E-state index contributed by atoms with van der Waals surface area (Å²) >= 11 is 0. The summed E-state index contributed by atoms with van der Waals surface area (Å²) in [7, 11) is -3.72. The minimum atomic E-state index is -3.72. The number of hydrogen-bond donors (Lipinski definition) is 4. The summed E-state index contributed by atoms with van der Waals surface area (Å²) in [5, 5.41) is 17.6. The Labute approximate surface area is 257 Å². The number of benzene rings is 1. The van der Waals surface area contributed by atoms with Gasteiger partial charge in [-0.2, -0.15) is 4.98 Å². The maximum atomic E-state index is 14.8. The first-order valence-corrected chi connectivity index (χ1v) is 15.8. The van der Waals surface area contributed by atoms with Gasteiger partial charge in [0.1, 0.15) is 35.2 Å². The topological polar surface area (TPSA) is 172 Å². The number of halogens is 2. The van der Waals surface area contributed by atoms with Crippen molar-refractivity contribution in [2.24, 2.45) is 0 Å². The van der Waals surface area contributed by atoms with Crippen molar-refractivity contribution < 1.29 is 41.4 Å². The molecule has 3 amide bonds. The lowest BCUT2D eigenvalue weighted by Crippen LogP contribution is -2.44. The molecule has 4 bridgehead atoms. The van der Waals surface area contributed by atoms with Crippen molar-refractivity contribution in [1.82, 2.24) is 25.5 Å². The number of nitrogens with one attached hydrogen (secondary N) is 3. The number of hydrogen-bond acceptors (Lipinski definition) is 10. The Hall–Kier alpha value is -4.83. The number of aliphatic hydroxyl groups excluding tert-OH is 1. The standard InChI is InChI=1S/C29H30F2N6O7S/c30-19-2-3-20-21-15-24(34-16-22(21)31)35-25-12-18(13-26(36-25)44-10-1-9-43-23(20)14-19)17-45(41,42)11-7-33-29(40)32-6-8-37-27(38)4-5-28(37)39/h2-5,12-16,27,38H,1,6-11,17H2,(H2,32,33,40)(H,34,35,36). The largest absolute Gasteiger partial charge is 0.493 e. The number of aliphatic hydroxyl groups is 1. The molecular formula is C29H30F2N6O7S. The van der Waals surface area contributed by atoms with Gasteiger partial charge >= 0.3 is 6.03 Å². The molecule has 4 N–H and O–H groups in total. The van der Waals surface area contributed by atoms with Crippen molar-refractivity contribution in [3.8, 4) is 22.8 Å². The summed E-state index contributed by atoms with van der Waals surface area (Å²) in [5.74, 6) is -1.64. The molecule has 0 spiro atoms. The highest BCUT2D eigenvalue weighted by atomic mass is 32.2. The number of aromatic nitrogens is 2. The summed E-state index contributed by atoms with van der Waals surface area (Å²) in [5.41, 5.74) is 0.789. The number of urea groups is 1. The Morgan fingerprint density at radius 2 is 1.87 bits per heavy atom. The maximum absolute atomic E-state index is 14.8. The number of ether oxygens (including phenoxy) is 2. The zero-order valence-corrected chi connectivity index (χ0v) is 24.6. The van der Waals surface area contributed by atoms with Crippen LogP contribution >= 0.6 is 0 Å². The molecule has 0 fully saturated rings. The van der Waals surface area contributed by atoms with Gasteiger partial charge in [0.2, 0.25) is 11.8 Å². The third kappa shape index (κ3) is 8.42. The lowest BCUT2D eigenvalue weighted by molar-refractivity contribution is -0.130. The minimum absolute atomic E-state index is 0.0558. The zero-order valence-electron chi connectivity index (χ0n) is 23.8. The van der Waals surface area contributed by atoms with Crippen LogP contribution in [0.2, 0.25) is 0 Å². The molecule has 0 saturated carbocycles. The highest BCUT2D eigenvalue weighted by Gasteiger charge is 2.23. The smallest absolute Gasteiger partial charge is 0.314 e. The summed E-state index contributed by atoms with van der Waals surface area (Å²) < 4.78 is 66.1. The number of rotatable bonds is 8. The van der Waals surface area contributed by atoms with E-state index in [9.17, 15) is 31.9 Å². The van der Waals surface area contributed by atoms with Crippen molar-refractivity contribution >= 4 is 33.4 Å². The third-order valence-corrected chi connectivity index (χ3v) is 8.34. The lowest BCUT2D eigenvalue weighted by atomic mass is 10.0. The first-order valence-electron chi connectivity index (χ1n) is 13.9. The van der Waals surface area contributed by atoms with E-state index in [0.717, 1.165) is 11.1 Å². The van der Waals surface area contributed by atoms with E-state index in [1.807, 2.05) is 0 Å². The number of anilines is 2. The van der Waals surface area contributed by atoms with Gasteiger partial charge in [-0.05, 0) is 35.9 Å². The lowest BCUT2D eigenvalue weighted by Gasteiger charge is -2.20. The van der Waals surface area contributed by atoms with E-state index in [1.165, 1.54) is 48.6 Å². The van der Waals surface area contributed by atoms with E-state index < -0.39 is 39.5 Å². The number of amides is 3. The predicted molar refractivity (Wildman–Crippen MR) is 158 cm³/mol. The van der Waals surface area contributed by atoms with Gasteiger partial charge in [0.05, 0.1) is 30.9 Å². The number of carbonyl (C=O) groups is 2. The fraction of sp³-hybridized carbons (Fsp3) is 0.310. The average molecular weight is 645 g/mol. The van der Waals surface area contributed by atoms with Crippen molar-refractivity contribution in [3.05, 3.63) is 71.9 Å². The Morgan fingerprint density at radius 1 is 1.07 bits per heavy atom. The molecule has 0 aliphatic carbocycles. The molecule has 16 heteroatoms. The molecule has 1 atom stereocenters. The Bertz CT molecular complexity index is 1720. The molecule has 4 heterocycles. The predicted octanol–water partition coefficient (Wildman–Crippen LogP) is 2.26. The third-order valence-electron chi connectivity index (χ3n) is 6.74. The van der Waals surface area contributed by atoms with Crippen LogP contribution in [0.15, 0.2) is 54.7 Å². The van der Waals surface area contributed by atoms with Gasteiger partial charge < -0.3 is 35.4 Å². The van der Waals surface area contributed by atoms with E-state index in [1.54, 1.807) is 0 Å². The molecule has 1 aromatic carbocycles. The van der Waals surface area contributed by atoms with Crippen LogP contribution in [0, 0.1) is 11.6 Å². The molecule has 45 heavy (non-hydrogen) atoms. The van der Waals surface area contributed by atoms with Crippen molar-refractivity contribution in [3.63, 3.8) is 0 Å². The van der Waals surface area contributed by atoms with E-state index in [2.05, 4.69) is 25.9 Å². The normalized spacial score (nSPS) is 16.1. The SMILES string of the molecule is O=C(NCCN1C(=O)C=CC1O)NCCS(=O)(=O)Cc1cc2nc(c1)OCCCOc1cc(F)ccc1-c1cc(ncc1F)N2. The van der Waals surface area contributed by atoms with Crippen LogP contribution in [0.4, 0.5) is 25.2 Å². The fourth-order valence-corrected chi connectivity index (χ4v) is 5.85. The van der Waals surface area contributed by atoms with Gasteiger partial charge in [0.25, 0.3) is 0 Å². The van der Waals surface area contributed by atoms with Gasteiger partial charge in [-0.3, -0.25) is 4.79 Å². The van der Waals surface area contributed by atoms with Crippen LogP contribution < -0.4 is 25.4 Å². The molecule has 5 rings (SSSR count). The minimum Gasteiger partial charge on any atom is -0.493 e. The highest BCUT2D eigenvalue weighted by Crippen LogP contribution is 2.34. The molecule has 238 valence electrons. The molecule has 2 aliphatic heterocycles. The van der Waals surface area contributed by atoms with Crippen LogP contribution in [0.1, 0.15) is 12.0 Å². The van der Waals surface area contributed by atoms with Crippen molar-refractivity contribution in [2.75, 3.05) is 43.9 Å². The molecule has 0 saturated heterocycles. The zero-order chi connectivity index (χ0) is 32.0. The van der Waals surface area contributed by atoms with Gasteiger partial charge in [-0.1, -0.05) is 0 Å². The van der Waals surface area contributed by atoms with E-state index in [-0.39, 0.29) is 73.3 Å². The Balaban J connectivity index is 1.24. The van der Waals surface area contributed by atoms with Gasteiger partial charge in [0.15, 0.2) is 9.84 Å². The van der Waals surface area contributed by atoms with E-state index in [4.69, 9.17) is 9.47 Å². The van der Waals surface area contributed by atoms with E-state index in [0.29, 0.717) is 17.5 Å². The highest BCUT2D eigenvalue weighted by molar-refractivity contribution is 7.90. The van der Waals surface area contributed by atoms with Crippen LogP contribution in [0.3, 0.4) is 0 Å². The summed E-state index contributed by atoms with van der Waals surface area (Å²) in [6.07, 6.45) is 2.89. The van der Waals surface area contributed by atoms with Crippen molar-refractivity contribution in [2.45, 2.75) is 18.4 Å². The average Bonchev–Trinajstić information content (AvgIpc) is 3.30. The second-order valence-corrected chi connectivity index (χ2v) is 12.3. The summed E-state index contributed by atoms with van der Waals surface area (Å²) in [6.45, 7) is 0.238. The molecular weight excluding hydrogens is 614 g/mol. The summed E-state index contributed by atoms with van der Waals surface area (Å²) in [4.78, 5) is 33.3. The maximum Gasteiger partial charge on any atom is 0.314 e. The first kappa shape index (κ1) is 31.6. The second kappa shape index (κ2) is 13.9. The first-order chi connectivity index (χ1) is 21.6. The quantitative estimate of drug-likeness (QED) is 0.285. The van der Waals surface area contributed by atoms with Crippen LogP contribution in [-0.4, -0.2) is 85.2 Å². The van der Waals surface area contributed by atoms with Crippen molar-refractivity contribution in [1.29, 1.82) is 0 Å². The molecule has 3 aromatic rings. The Kier molecular flexibility index (Phi) is 9.73. The summed E-state index contributed by atoms with van der Waals surface area (Å²) in [6, 6.07) is 7.55. The van der Waals surface area contributed by atoms with Gasteiger partial charge in [-0.15, -0.1) is 0 Å². The number of fused-ring (bicyclic) bond motifs is 6. The fourth-order valence-electron chi connectivity index (χ4n) is 4.62. The number of pyridine rings is 2. The van der Waals surface area contributed by atoms with Crippen LogP contribution in [-0.2, 0) is 20.4 Å².